The van der Waals surface area contributed by atoms with Crippen molar-refractivity contribution in [3.63, 3.8) is 0 Å². The minimum Gasteiger partial charge on any atom is -0.352 e. The van der Waals surface area contributed by atoms with E-state index in [1.807, 2.05) is 0 Å². The summed E-state index contributed by atoms with van der Waals surface area (Å²) in [5.41, 5.74) is 5.66. The lowest BCUT2D eigenvalue weighted by Gasteiger charge is -2.21. The van der Waals surface area contributed by atoms with E-state index in [2.05, 4.69) is 24.1 Å². The molecule has 4 nitrogen and oxygen atoms in total. The van der Waals surface area contributed by atoms with Gasteiger partial charge >= 0.3 is 0 Å². The molecule has 2 atom stereocenters. The van der Waals surface area contributed by atoms with E-state index in [1.165, 1.54) is 12.8 Å². The van der Waals surface area contributed by atoms with Gasteiger partial charge in [0.25, 0.3) is 0 Å². The number of rotatable bonds is 5. The summed E-state index contributed by atoms with van der Waals surface area (Å²) in [5, 5.41) is 3.16. The topological polar surface area (TPSA) is 58.4 Å². The maximum Gasteiger partial charge on any atom is 0.224 e. The first kappa shape index (κ1) is 12.8. The number of hydrogen-bond donors (Lipinski definition) is 2. The number of nitrogens with two attached hydrogens (primary N) is 1. The lowest BCUT2D eigenvalue weighted by Crippen LogP contribution is -2.44. The van der Waals surface area contributed by atoms with Gasteiger partial charge in [-0.2, -0.15) is 0 Å². The Morgan fingerprint density at radius 1 is 1.41 bits per heavy atom. The van der Waals surface area contributed by atoms with E-state index in [4.69, 9.17) is 5.73 Å². The van der Waals surface area contributed by atoms with Crippen LogP contribution < -0.4 is 11.1 Å². The Balaban J connectivity index is 1.78. The second kappa shape index (κ2) is 5.36. The molecule has 3 N–H and O–H groups in total. The number of carbonyl (C=O) groups excluding carboxylic acids is 1. The van der Waals surface area contributed by atoms with E-state index < -0.39 is 0 Å². The molecule has 1 aliphatic heterocycles. The van der Waals surface area contributed by atoms with Crippen LogP contribution in [0, 0.1) is 11.8 Å². The quantitative estimate of drug-likeness (QED) is 0.737. The van der Waals surface area contributed by atoms with Gasteiger partial charge in [0.05, 0.1) is 5.92 Å². The monoisotopic (exact) mass is 239 g/mol. The van der Waals surface area contributed by atoms with Crippen molar-refractivity contribution in [1.29, 1.82) is 0 Å². The average Bonchev–Trinajstić information content (AvgIpc) is 3.01. The normalized spacial score (nSPS) is 27.4. The highest BCUT2D eigenvalue weighted by Crippen LogP contribution is 2.29. The van der Waals surface area contributed by atoms with Gasteiger partial charge in [0, 0.05) is 31.7 Å². The molecule has 1 saturated heterocycles. The number of amides is 1. The van der Waals surface area contributed by atoms with Crippen molar-refractivity contribution in [1.82, 2.24) is 10.2 Å². The van der Waals surface area contributed by atoms with E-state index in [9.17, 15) is 4.79 Å². The Labute approximate surface area is 104 Å². The molecule has 0 aromatic carbocycles. The first-order chi connectivity index (χ1) is 8.11. The number of nitrogens with zero attached hydrogens (tertiary/aromatic N) is 1. The molecule has 98 valence electrons. The van der Waals surface area contributed by atoms with Crippen LogP contribution in [0.1, 0.15) is 33.1 Å². The van der Waals surface area contributed by atoms with Gasteiger partial charge in [0.1, 0.15) is 0 Å². The van der Waals surface area contributed by atoms with E-state index in [0.29, 0.717) is 18.5 Å². The van der Waals surface area contributed by atoms with Crippen LogP contribution in [0.15, 0.2) is 0 Å². The summed E-state index contributed by atoms with van der Waals surface area (Å²) in [5.74, 6) is 0.427. The van der Waals surface area contributed by atoms with Gasteiger partial charge < -0.3 is 11.1 Å². The van der Waals surface area contributed by atoms with Crippen LogP contribution in [0.3, 0.4) is 0 Å². The standard InChI is InChI=1S/C13H25N3O/c1-9(2)12(7-14)13(17)15-10-5-6-16(8-10)11-3-4-11/h9-12H,3-8,14H2,1-2H3,(H,15,17). The van der Waals surface area contributed by atoms with Crippen LogP contribution in [-0.4, -0.2) is 42.5 Å². The van der Waals surface area contributed by atoms with Crippen molar-refractivity contribution >= 4 is 5.91 Å². The molecule has 1 amide bonds. The Hall–Kier alpha value is -0.610. The molecule has 2 fully saturated rings. The summed E-state index contributed by atoms with van der Waals surface area (Å²) in [7, 11) is 0. The van der Waals surface area contributed by atoms with Crippen molar-refractivity contribution in [2.24, 2.45) is 17.6 Å². The first-order valence-electron chi connectivity index (χ1n) is 6.86. The Morgan fingerprint density at radius 3 is 2.65 bits per heavy atom. The summed E-state index contributed by atoms with van der Waals surface area (Å²) >= 11 is 0. The lowest BCUT2D eigenvalue weighted by atomic mass is 9.95. The van der Waals surface area contributed by atoms with Gasteiger partial charge in [-0.15, -0.1) is 0 Å². The highest BCUT2D eigenvalue weighted by Gasteiger charge is 2.35. The highest BCUT2D eigenvalue weighted by molar-refractivity contribution is 5.79. The van der Waals surface area contributed by atoms with Crippen molar-refractivity contribution in [2.45, 2.75) is 45.2 Å². The third-order valence-electron chi connectivity index (χ3n) is 4.02. The van der Waals surface area contributed by atoms with E-state index in [1.54, 1.807) is 0 Å². The van der Waals surface area contributed by atoms with Crippen LogP contribution in [0.2, 0.25) is 0 Å². The second-order valence-electron chi connectivity index (χ2n) is 5.81. The van der Waals surface area contributed by atoms with Crippen LogP contribution in [0.5, 0.6) is 0 Å². The number of hydrogen-bond acceptors (Lipinski definition) is 3. The van der Waals surface area contributed by atoms with E-state index >= 15 is 0 Å². The maximum absolute atomic E-state index is 12.1. The lowest BCUT2D eigenvalue weighted by molar-refractivity contribution is -0.126. The molecular weight excluding hydrogens is 214 g/mol. The van der Waals surface area contributed by atoms with Crippen LogP contribution >= 0.6 is 0 Å². The Bertz CT molecular complexity index is 276. The molecule has 2 unspecified atom stereocenters. The zero-order chi connectivity index (χ0) is 12.4. The number of carbonyl (C=O) groups is 1. The molecule has 4 heteroatoms. The molecule has 2 rings (SSSR count). The fraction of sp³-hybridized carbons (Fsp3) is 0.923. The fourth-order valence-corrected chi connectivity index (χ4v) is 2.67. The molecule has 0 spiro atoms. The fourth-order valence-electron chi connectivity index (χ4n) is 2.67. The maximum atomic E-state index is 12.1. The molecule has 0 bridgehead atoms. The highest BCUT2D eigenvalue weighted by atomic mass is 16.2. The predicted octanol–water partition coefficient (Wildman–Crippen LogP) is 0.570. The van der Waals surface area contributed by atoms with Crippen LogP contribution in [0.4, 0.5) is 0 Å². The second-order valence-corrected chi connectivity index (χ2v) is 5.81. The molecule has 0 radical (unpaired) electrons. The third kappa shape index (κ3) is 3.19. The molecule has 0 aromatic rings. The van der Waals surface area contributed by atoms with Crippen molar-refractivity contribution in [3.05, 3.63) is 0 Å². The number of likely N-dealkylation sites (tertiary alicyclic amines) is 1. The molecule has 1 heterocycles. The molecule has 0 aromatic heterocycles. The molecule has 2 aliphatic rings. The summed E-state index contributed by atoms with van der Waals surface area (Å²) < 4.78 is 0. The van der Waals surface area contributed by atoms with Gasteiger partial charge in [-0.3, -0.25) is 9.69 Å². The molecule has 1 aliphatic carbocycles. The molecule has 1 saturated carbocycles. The SMILES string of the molecule is CC(C)C(CN)C(=O)NC1CCN(C2CC2)C1. The summed E-state index contributed by atoms with van der Waals surface area (Å²) in [6, 6.07) is 1.16. The van der Waals surface area contributed by atoms with Gasteiger partial charge in [-0.05, 0) is 25.2 Å². The minimum atomic E-state index is -0.0371. The first-order valence-corrected chi connectivity index (χ1v) is 6.86. The smallest absolute Gasteiger partial charge is 0.224 e. The minimum absolute atomic E-state index is 0.0371. The van der Waals surface area contributed by atoms with Crippen molar-refractivity contribution in [2.75, 3.05) is 19.6 Å². The average molecular weight is 239 g/mol. The van der Waals surface area contributed by atoms with Crippen LogP contribution in [-0.2, 0) is 4.79 Å². The molecule has 17 heavy (non-hydrogen) atoms. The molecular formula is C13H25N3O. The van der Waals surface area contributed by atoms with Gasteiger partial charge in [0.2, 0.25) is 5.91 Å². The van der Waals surface area contributed by atoms with Crippen molar-refractivity contribution in [3.8, 4) is 0 Å². The van der Waals surface area contributed by atoms with Gasteiger partial charge in [0.15, 0.2) is 0 Å². The summed E-state index contributed by atoms with van der Waals surface area (Å²) in [6.07, 6.45) is 3.79. The number of nitrogens with one attached hydrogen (secondary N) is 1. The van der Waals surface area contributed by atoms with Gasteiger partial charge in [-0.25, -0.2) is 0 Å². The summed E-state index contributed by atoms with van der Waals surface area (Å²) in [4.78, 5) is 14.6. The van der Waals surface area contributed by atoms with Crippen molar-refractivity contribution < 1.29 is 4.79 Å². The largest absolute Gasteiger partial charge is 0.352 e. The zero-order valence-electron chi connectivity index (χ0n) is 11.0. The van der Waals surface area contributed by atoms with E-state index in [0.717, 1.165) is 25.6 Å². The Morgan fingerprint density at radius 2 is 2.12 bits per heavy atom. The zero-order valence-corrected chi connectivity index (χ0v) is 11.0. The van der Waals surface area contributed by atoms with Crippen LogP contribution in [0.25, 0.3) is 0 Å². The Kier molecular flexibility index (Phi) is 4.05. The van der Waals surface area contributed by atoms with E-state index in [-0.39, 0.29) is 11.8 Å². The third-order valence-corrected chi connectivity index (χ3v) is 4.02. The summed E-state index contributed by atoms with van der Waals surface area (Å²) in [6.45, 7) is 6.74. The van der Waals surface area contributed by atoms with Gasteiger partial charge in [-0.1, -0.05) is 13.8 Å². The predicted molar refractivity (Wildman–Crippen MR) is 68.5 cm³/mol.